The lowest BCUT2D eigenvalue weighted by Crippen LogP contribution is -2.43. The van der Waals surface area contributed by atoms with Crippen LogP contribution in [-0.4, -0.2) is 71.3 Å². The van der Waals surface area contributed by atoms with Crippen molar-refractivity contribution in [1.29, 1.82) is 0 Å². The molecule has 0 radical (unpaired) electrons. The van der Waals surface area contributed by atoms with Crippen molar-refractivity contribution >= 4 is 52.5 Å². The summed E-state index contributed by atoms with van der Waals surface area (Å²) >= 11 is 2.04. The number of fused-ring (bicyclic) bond motifs is 2. The predicted molar refractivity (Wildman–Crippen MR) is 152 cm³/mol. The number of imide groups is 1. The number of hydrogen-bond donors (Lipinski definition) is 0. The van der Waals surface area contributed by atoms with E-state index in [1.54, 1.807) is 24.0 Å². The van der Waals surface area contributed by atoms with E-state index < -0.39 is 40.7 Å². The Hall–Kier alpha value is -3.81. The number of benzene rings is 2. The van der Waals surface area contributed by atoms with E-state index in [4.69, 9.17) is 9.47 Å². The fourth-order valence-electron chi connectivity index (χ4n) is 5.55. The van der Waals surface area contributed by atoms with Crippen molar-refractivity contribution in [3.05, 3.63) is 80.0 Å². The first-order valence-electron chi connectivity index (χ1n) is 13.4. The summed E-state index contributed by atoms with van der Waals surface area (Å²) in [6.07, 6.45) is 0. The molecule has 3 atom stereocenters. The van der Waals surface area contributed by atoms with Gasteiger partial charge < -0.3 is 14.4 Å². The second-order valence-corrected chi connectivity index (χ2v) is 12.1. The van der Waals surface area contributed by atoms with Gasteiger partial charge in [-0.1, -0.05) is 35.2 Å². The summed E-state index contributed by atoms with van der Waals surface area (Å²) in [6, 6.07) is 11.7. The van der Waals surface area contributed by atoms with E-state index in [9.17, 15) is 28.4 Å². The first-order valence-corrected chi connectivity index (χ1v) is 15.1. The standard InChI is InChI=1S/C29H26FN3O7S2/c1-2-40-28(37)17-5-9-19(10-6-17)33-25(35)22-21(16-3-7-18(30)8-4-16)24-27(41-23(22)26(33)36)32(29(38)42-24)15-20(34)31-11-13-39-14-12-31/h3-10,21-23H,2,11-15H2,1H3. The summed E-state index contributed by atoms with van der Waals surface area (Å²) in [7, 11) is 0. The van der Waals surface area contributed by atoms with Gasteiger partial charge in [0, 0.05) is 23.9 Å². The predicted octanol–water partition coefficient (Wildman–Crippen LogP) is 2.88. The molecule has 0 N–H and O–H groups in total. The van der Waals surface area contributed by atoms with Gasteiger partial charge in [0.2, 0.25) is 17.7 Å². The van der Waals surface area contributed by atoms with Crippen LogP contribution in [0.3, 0.4) is 0 Å². The van der Waals surface area contributed by atoms with Crippen molar-refractivity contribution in [2.24, 2.45) is 5.92 Å². The number of hydrogen-bond acceptors (Lipinski definition) is 9. The van der Waals surface area contributed by atoms with Crippen LogP contribution >= 0.6 is 23.1 Å². The van der Waals surface area contributed by atoms with E-state index in [0.29, 0.717) is 47.5 Å². The van der Waals surface area contributed by atoms with Crippen molar-refractivity contribution < 1.29 is 33.0 Å². The second kappa shape index (κ2) is 11.5. The number of rotatable bonds is 6. The lowest BCUT2D eigenvalue weighted by atomic mass is 9.83. The average molecular weight is 612 g/mol. The average Bonchev–Trinajstić information content (AvgIpc) is 3.44. The molecule has 218 valence electrons. The van der Waals surface area contributed by atoms with E-state index in [0.717, 1.165) is 28.0 Å². The van der Waals surface area contributed by atoms with E-state index in [1.807, 2.05) is 0 Å². The third-order valence-corrected chi connectivity index (χ3v) is 10.2. The highest BCUT2D eigenvalue weighted by Gasteiger charge is 2.56. The lowest BCUT2D eigenvalue weighted by molar-refractivity contribution is -0.136. The van der Waals surface area contributed by atoms with E-state index >= 15 is 0 Å². The highest BCUT2D eigenvalue weighted by molar-refractivity contribution is 8.00. The summed E-state index contributed by atoms with van der Waals surface area (Å²) in [5.74, 6) is -3.72. The summed E-state index contributed by atoms with van der Waals surface area (Å²) in [6.45, 7) is 3.39. The smallest absolute Gasteiger partial charge is 0.338 e. The molecule has 4 heterocycles. The molecule has 3 unspecified atom stereocenters. The van der Waals surface area contributed by atoms with Crippen molar-refractivity contribution in [1.82, 2.24) is 9.47 Å². The SMILES string of the molecule is CCOC(=O)c1ccc(N2C(=O)C3Sc4c(sc(=O)n4CC(=O)N4CCOCC4)C(c4ccc(F)cc4)C3C2=O)cc1. The molecule has 3 aliphatic heterocycles. The van der Waals surface area contributed by atoms with Crippen LogP contribution < -0.4 is 9.77 Å². The first kappa shape index (κ1) is 28.3. The molecular formula is C29H26FN3O7S2. The Morgan fingerprint density at radius 2 is 1.69 bits per heavy atom. The maximum Gasteiger partial charge on any atom is 0.338 e. The molecule has 0 bridgehead atoms. The maximum atomic E-state index is 14.0. The Balaban J connectivity index is 1.38. The number of thioether (sulfide) groups is 1. The van der Waals surface area contributed by atoms with Gasteiger partial charge in [-0.25, -0.2) is 14.1 Å². The number of esters is 1. The van der Waals surface area contributed by atoms with Crippen LogP contribution in [-0.2, 0) is 30.4 Å². The quantitative estimate of drug-likeness (QED) is 0.309. The normalized spacial score (nSPS) is 21.7. The molecule has 13 heteroatoms. The van der Waals surface area contributed by atoms with Crippen LogP contribution in [0.25, 0.3) is 0 Å². The van der Waals surface area contributed by atoms with Crippen LogP contribution in [0.2, 0.25) is 0 Å². The molecule has 2 saturated heterocycles. The number of amides is 3. The summed E-state index contributed by atoms with van der Waals surface area (Å²) < 4.78 is 25.6. The van der Waals surface area contributed by atoms with Crippen molar-refractivity contribution in [3.8, 4) is 0 Å². The largest absolute Gasteiger partial charge is 0.462 e. The summed E-state index contributed by atoms with van der Waals surface area (Å²) in [5.41, 5.74) is 1.17. The number of ether oxygens (including phenoxy) is 2. The van der Waals surface area contributed by atoms with Gasteiger partial charge in [-0.3, -0.25) is 23.7 Å². The van der Waals surface area contributed by atoms with Gasteiger partial charge in [-0.2, -0.15) is 0 Å². The molecule has 2 aromatic carbocycles. The zero-order chi connectivity index (χ0) is 29.5. The molecule has 2 fully saturated rings. The second-order valence-electron chi connectivity index (χ2n) is 9.99. The van der Waals surface area contributed by atoms with Gasteiger partial charge in [0.1, 0.15) is 17.6 Å². The minimum Gasteiger partial charge on any atom is -0.462 e. The Kier molecular flexibility index (Phi) is 7.73. The third-order valence-electron chi connectivity index (χ3n) is 7.57. The van der Waals surface area contributed by atoms with Gasteiger partial charge in [-0.15, -0.1) is 0 Å². The maximum absolute atomic E-state index is 14.0. The zero-order valence-corrected chi connectivity index (χ0v) is 24.1. The van der Waals surface area contributed by atoms with Gasteiger partial charge in [0.15, 0.2) is 0 Å². The van der Waals surface area contributed by atoms with Crippen LogP contribution in [0.1, 0.15) is 33.6 Å². The fraction of sp³-hybridized carbons (Fsp3) is 0.345. The minimum atomic E-state index is -0.886. The van der Waals surface area contributed by atoms with Crippen LogP contribution in [0.5, 0.6) is 0 Å². The highest BCUT2D eigenvalue weighted by atomic mass is 32.2. The summed E-state index contributed by atoms with van der Waals surface area (Å²) in [5, 5.41) is -0.425. The third kappa shape index (κ3) is 4.95. The van der Waals surface area contributed by atoms with Crippen LogP contribution in [0.4, 0.5) is 10.1 Å². The minimum absolute atomic E-state index is 0.202. The Morgan fingerprint density at radius 3 is 2.36 bits per heavy atom. The van der Waals surface area contributed by atoms with Crippen LogP contribution in [0, 0.1) is 11.7 Å². The Labute approximate surface area is 248 Å². The number of carbonyl (C=O) groups excluding carboxylic acids is 4. The summed E-state index contributed by atoms with van der Waals surface area (Å²) in [4.78, 5) is 69.2. The number of anilines is 1. The molecule has 3 amide bonds. The van der Waals surface area contributed by atoms with Gasteiger partial charge >= 0.3 is 10.8 Å². The number of morpholine rings is 1. The molecule has 0 saturated carbocycles. The lowest BCUT2D eigenvalue weighted by Gasteiger charge is -2.31. The molecule has 3 aromatic rings. The molecule has 3 aliphatic rings. The van der Waals surface area contributed by atoms with E-state index in [2.05, 4.69) is 0 Å². The number of halogens is 1. The fourth-order valence-corrected chi connectivity index (χ4v) is 8.32. The number of nitrogens with zero attached hydrogens (tertiary/aromatic N) is 3. The van der Waals surface area contributed by atoms with Gasteiger partial charge in [0.25, 0.3) is 0 Å². The number of carbonyl (C=O) groups is 4. The van der Waals surface area contributed by atoms with Gasteiger partial charge in [-0.05, 0) is 48.9 Å². The number of thiazole rings is 1. The zero-order valence-electron chi connectivity index (χ0n) is 22.5. The topological polar surface area (TPSA) is 115 Å². The molecule has 0 aliphatic carbocycles. The first-order chi connectivity index (χ1) is 20.3. The molecule has 1 aromatic heterocycles. The van der Waals surface area contributed by atoms with Crippen molar-refractivity contribution in [3.63, 3.8) is 0 Å². The monoisotopic (exact) mass is 611 g/mol. The number of aromatic nitrogens is 1. The highest BCUT2D eigenvalue weighted by Crippen LogP contribution is 2.53. The van der Waals surface area contributed by atoms with E-state index in [-0.39, 0.29) is 29.5 Å². The van der Waals surface area contributed by atoms with Crippen molar-refractivity contribution in [2.75, 3.05) is 37.8 Å². The Bertz CT molecular complexity index is 1610. The molecule has 6 rings (SSSR count). The Morgan fingerprint density at radius 1 is 1.00 bits per heavy atom. The van der Waals surface area contributed by atoms with Gasteiger partial charge in [0.05, 0.1) is 42.0 Å². The molecule has 42 heavy (non-hydrogen) atoms. The van der Waals surface area contributed by atoms with Crippen molar-refractivity contribution in [2.45, 2.75) is 29.7 Å². The molecule has 10 nitrogen and oxygen atoms in total. The molecule has 0 spiro atoms. The van der Waals surface area contributed by atoms with E-state index in [1.165, 1.54) is 41.0 Å². The van der Waals surface area contributed by atoms with Crippen LogP contribution in [0.15, 0.2) is 58.4 Å². The molecular weight excluding hydrogens is 585 g/mol.